The molecule has 1 aromatic carbocycles. The molecule has 0 aliphatic heterocycles. The number of carbonyl (C=O) groups is 2. The molecule has 1 aliphatic rings. The summed E-state index contributed by atoms with van der Waals surface area (Å²) in [6.07, 6.45) is 13.6. The van der Waals surface area contributed by atoms with Gasteiger partial charge in [0.25, 0.3) is 0 Å². The highest BCUT2D eigenvalue weighted by atomic mass is 16.4. The maximum Gasteiger partial charge on any atom is 0.303 e. The molecule has 0 heterocycles. The van der Waals surface area contributed by atoms with Gasteiger partial charge < -0.3 is 10.2 Å². The Labute approximate surface area is 180 Å². The van der Waals surface area contributed by atoms with E-state index in [1.165, 1.54) is 0 Å². The number of hydrogen-bond acceptors (Lipinski definition) is 3. The van der Waals surface area contributed by atoms with Crippen LogP contribution >= 0.6 is 0 Å². The molecule has 0 unspecified atom stereocenters. The number of allylic oxidation sites excluding steroid dienone is 3. The molecule has 4 nitrogen and oxygen atoms in total. The highest BCUT2D eigenvalue weighted by molar-refractivity contribution is 5.95. The van der Waals surface area contributed by atoms with Gasteiger partial charge in [-0.3, -0.25) is 9.59 Å². The summed E-state index contributed by atoms with van der Waals surface area (Å²) in [6, 6.07) is 9.97. The van der Waals surface area contributed by atoms with Crippen molar-refractivity contribution in [2.75, 3.05) is 0 Å². The number of rotatable bonds is 14. The van der Waals surface area contributed by atoms with Gasteiger partial charge in [-0.2, -0.15) is 0 Å². The Morgan fingerprint density at radius 3 is 2.50 bits per heavy atom. The summed E-state index contributed by atoms with van der Waals surface area (Å²) < 4.78 is 0. The lowest BCUT2D eigenvalue weighted by atomic mass is 9.85. The summed E-state index contributed by atoms with van der Waals surface area (Å²) in [4.78, 5) is 23.0. The van der Waals surface area contributed by atoms with Crippen LogP contribution in [0.15, 0.2) is 48.6 Å². The van der Waals surface area contributed by atoms with Gasteiger partial charge >= 0.3 is 5.97 Å². The predicted molar refractivity (Wildman–Crippen MR) is 121 cm³/mol. The minimum Gasteiger partial charge on any atom is -0.481 e. The minimum atomic E-state index is -0.749. The average Bonchev–Trinajstić information content (AvgIpc) is 3.08. The molecule has 164 valence electrons. The molecule has 4 heteroatoms. The average molecular weight is 413 g/mol. The second-order valence-corrected chi connectivity index (χ2v) is 8.29. The zero-order valence-corrected chi connectivity index (χ0v) is 18.1. The first kappa shape index (κ1) is 24.1. The van der Waals surface area contributed by atoms with E-state index >= 15 is 0 Å². The molecule has 2 rings (SSSR count). The Morgan fingerprint density at radius 1 is 1.07 bits per heavy atom. The van der Waals surface area contributed by atoms with Crippen molar-refractivity contribution in [2.24, 2.45) is 11.8 Å². The van der Waals surface area contributed by atoms with Gasteiger partial charge in [0.05, 0.1) is 6.10 Å². The lowest BCUT2D eigenvalue weighted by Crippen LogP contribution is -2.17. The number of unbranched alkanes of at least 4 members (excludes halogenated alkanes) is 5. The number of ketones is 1. The van der Waals surface area contributed by atoms with Gasteiger partial charge in [0.15, 0.2) is 5.78 Å². The second kappa shape index (κ2) is 13.2. The van der Waals surface area contributed by atoms with Crippen LogP contribution in [0.25, 0.3) is 5.57 Å². The first-order valence-electron chi connectivity index (χ1n) is 11.4. The molecule has 0 saturated heterocycles. The lowest BCUT2D eigenvalue weighted by Gasteiger charge is -2.20. The number of hydrogen-bond donors (Lipinski definition) is 2. The molecule has 1 aliphatic carbocycles. The van der Waals surface area contributed by atoms with Crippen molar-refractivity contribution in [3.05, 3.63) is 54.1 Å². The van der Waals surface area contributed by atoms with Crippen molar-refractivity contribution in [2.45, 2.75) is 77.2 Å². The SMILES string of the molecule is CCCCC[C@H](O)/C(=C/[C@H]1C=CC(=O)[C@@H]1CCCCCCC(=O)O)c1ccccc1. The molecule has 0 aromatic heterocycles. The number of aliphatic hydroxyl groups is 1. The van der Waals surface area contributed by atoms with Gasteiger partial charge in [0.2, 0.25) is 0 Å². The third-order valence-electron chi connectivity index (χ3n) is 5.89. The van der Waals surface area contributed by atoms with Crippen LogP contribution in [0.2, 0.25) is 0 Å². The summed E-state index contributed by atoms with van der Waals surface area (Å²) in [7, 11) is 0. The molecule has 1 aromatic rings. The van der Waals surface area contributed by atoms with Crippen molar-refractivity contribution >= 4 is 17.3 Å². The Bertz CT molecular complexity index is 720. The van der Waals surface area contributed by atoms with Crippen LogP contribution in [0.3, 0.4) is 0 Å². The molecule has 0 amide bonds. The standard InChI is InChI=1S/C26H36O4/c1-2-3-7-15-24(27)23(20-12-8-6-9-13-20)19-21-17-18-25(28)22(21)14-10-4-5-11-16-26(29)30/h6,8-9,12-13,17-19,21-22,24,27H,2-5,7,10-11,14-16H2,1H3,(H,29,30)/b23-19+/t21-,22-,24+/m1/s1. The Balaban J connectivity index is 2.04. The van der Waals surface area contributed by atoms with Crippen molar-refractivity contribution in [1.82, 2.24) is 0 Å². The predicted octanol–water partition coefficient (Wildman–Crippen LogP) is 5.81. The Hall–Kier alpha value is -2.20. The van der Waals surface area contributed by atoms with E-state index in [1.807, 2.05) is 36.4 Å². The fourth-order valence-corrected chi connectivity index (χ4v) is 4.13. The summed E-state index contributed by atoms with van der Waals surface area (Å²) in [5.74, 6) is -0.658. The summed E-state index contributed by atoms with van der Waals surface area (Å²) in [6.45, 7) is 2.15. The number of benzene rings is 1. The summed E-state index contributed by atoms with van der Waals surface area (Å²) in [5.41, 5.74) is 1.93. The van der Waals surface area contributed by atoms with E-state index in [9.17, 15) is 14.7 Å². The molecule has 0 spiro atoms. The van der Waals surface area contributed by atoms with Crippen LogP contribution < -0.4 is 0 Å². The van der Waals surface area contributed by atoms with E-state index in [0.717, 1.165) is 62.5 Å². The molecular weight excluding hydrogens is 376 g/mol. The molecule has 0 radical (unpaired) electrons. The fourth-order valence-electron chi connectivity index (χ4n) is 4.13. The Kier molecular flexibility index (Phi) is 10.6. The normalized spacial score (nSPS) is 19.9. The van der Waals surface area contributed by atoms with E-state index in [-0.39, 0.29) is 24.0 Å². The van der Waals surface area contributed by atoms with Gasteiger partial charge in [-0.25, -0.2) is 0 Å². The van der Waals surface area contributed by atoms with Crippen LogP contribution in [-0.2, 0) is 9.59 Å². The highest BCUT2D eigenvalue weighted by Crippen LogP contribution is 2.33. The number of carboxylic acids is 1. The number of aliphatic carboxylic acids is 1. The largest absolute Gasteiger partial charge is 0.481 e. The number of aliphatic hydroxyl groups excluding tert-OH is 1. The lowest BCUT2D eigenvalue weighted by molar-refractivity contribution is -0.137. The first-order chi connectivity index (χ1) is 14.5. The maximum atomic E-state index is 12.4. The summed E-state index contributed by atoms with van der Waals surface area (Å²) in [5, 5.41) is 19.6. The minimum absolute atomic E-state index is 0.00699. The van der Waals surface area contributed by atoms with Crippen molar-refractivity contribution in [1.29, 1.82) is 0 Å². The van der Waals surface area contributed by atoms with Gasteiger partial charge in [-0.15, -0.1) is 0 Å². The van der Waals surface area contributed by atoms with Gasteiger partial charge in [-0.1, -0.05) is 87.9 Å². The van der Waals surface area contributed by atoms with E-state index in [4.69, 9.17) is 5.11 Å². The monoisotopic (exact) mass is 412 g/mol. The zero-order chi connectivity index (χ0) is 21.8. The van der Waals surface area contributed by atoms with Gasteiger partial charge in [-0.05, 0) is 36.5 Å². The first-order valence-corrected chi connectivity index (χ1v) is 11.4. The van der Waals surface area contributed by atoms with Crippen LogP contribution in [0, 0.1) is 11.8 Å². The molecule has 30 heavy (non-hydrogen) atoms. The second-order valence-electron chi connectivity index (χ2n) is 8.29. The molecule has 0 saturated carbocycles. The van der Waals surface area contributed by atoms with Crippen molar-refractivity contribution < 1.29 is 19.8 Å². The van der Waals surface area contributed by atoms with Gasteiger partial charge in [0.1, 0.15) is 0 Å². The summed E-state index contributed by atoms with van der Waals surface area (Å²) >= 11 is 0. The molecule has 2 N–H and O–H groups in total. The zero-order valence-electron chi connectivity index (χ0n) is 18.1. The van der Waals surface area contributed by atoms with Crippen molar-refractivity contribution in [3.8, 4) is 0 Å². The van der Waals surface area contributed by atoms with Crippen LogP contribution in [0.4, 0.5) is 0 Å². The highest BCUT2D eigenvalue weighted by Gasteiger charge is 2.29. The Morgan fingerprint density at radius 2 is 1.80 bits per heavy atom. The quantitative estimate of drug-likeness (QED) is 0.378. The molecule has 3 atom stereocenters. The smallest absolute Gasteiger partial charge is 0.303 e. The van der Waals surface area contributed by atoms with Gasteiger partial charge in [0, 0.05) is 18.3 Å². The third kappa shape index (κ3) is 7.91. The topological polar surface area (TPSA) is 74.6 Å². The van der Waals surface area contributed by atoms with E-state index < -0.39 is 12.1 Å². The third-order valence-corrected chi connectivity index (χ3v) is 5.89. The fraction of sp³-hybridized carbons (Fsp3) is 0.538. The molecule has 0 bridgehead atoms. The molecular formula is C26H36O4. The van der Waals surface area contributed by atoms with Crippen LogP contribution in [-0.4, -0.2) is 28.1 Å². The van der Waals surface area contributed by atoms with E-state index in [2.05, 4.69) is 13.0 Å². The van der Waals surface area contributed by atoms with Crippen molar-refractivity contribution in [3.63, 3.8) is 0 Å². The van der Waals surface area contributed by atoms with Crippen LogP contribution in [0.1, 0.15) is 76.7 Å². The van der Waals surface area contributed by atoms with E-state index in [0.29, 0.717) is 6.42 Å². The maximum absolute atomic E-state index is 12.4. The number of carboxylic acid groups (broad SMARTS) is 1. The molecule has 0 fully saturated rings. The van der Waals surface area contributed by atoms with E-state index in [1.54, 1.807) is 6.08 Å². The number of carbonyl (C=O) groups excluding carboxylic acids is 1. The van der Waals surface area contributed by atoms with Crippen LogP contribution in [0.5, 0.6) is 0 Å².